The average Bonchev–Trinajstić information content (AvgIpc) is 2.99. The zero-order valence-corrected chi connectivity index (χ0v) is 13.1. The average molecular weight is 298 g/mol. The van der Waals surface area contributed by atoms with Gasteiger partial charge < -0.3 is 15.1 Å². The molecule has 2 heterocycles. The number of nitrogens with zero attached hydrogens (tertiary/aromatic N) is 1. The second kappa shape index (κ2) is 5.87. The normalized spacial score (nSPS) is 18.5. The first kappa shape index (κ1) is 14.7. The van der Waals surface area contributed by atoms with Gasteiger partial charge in [-0.25, -0.2) is 0 Å². The fourth-order valence-corrected chi connectivity index (χ4v) is 3.05. The van der Waals surface area contributed by atoms with E-state index in [1.807, 2.05) is 36.1 Å². The van der Waals surface area contributed by atoms with Gasteiger partial charge in [-0.1, -0.05) is 19.1 Å². The van der Waals surface area contributed by atoms with Crippen LogP contribution < -0.4 is 5.73 Å². The van der Waals surface area contributed by atoms with Crippen molar-refractivity contribution in [2.24, 2.45) is 5.92 Å². The van der Waals surface area contributed by atoms with E-state index in [-0.39, 0.29) is 5.91 Å². The van der Waals surface area contributed by atoms with E-state index in [9.17, 15) is 4.79 Å². The van der Waals surface area contributed by atoms with Crippen molar-refractivity contribution in [1.82, 2.24) is 4.90 Å². The summed E-state index contributed by atoms with van der Waals surface area (Å²) in [6.07, 6.45) is 2.25. The van der Waals surface area contributed by atoms with Gasteiger partial charge in [0.1, 0.15) is 5.76 Å². The van der Waals surface area contributed by atoms with E-state index in [0.717, 1.165) is 36.3 Å². The molecule has 0 spiro atoms. The zero-order valence-electron chi connectivity index (χ0n) is 13.1. The van der Waals surface area contributed by atoms with E-state index in [1.54, 1.807) is 6.07 Å². The van der Waals surface area contributed by atoms with Crippen LogP contribution in [0.5, 0.6) is 0 Å². The number of hydrogen-bond acceptors (Lipinski definition) is 3. The summed E-state index contributed by atoms with van der Waals surface area (Å²) in [6, 6.07) is 9.33. The number of furan rings is 1. The van der Waals surface area contributed by atoms with Gasteiger partial charge in [-0.15, -0.1) is 0 Å². The SMILES string of the molecule is Cc1c(N)cccc1-c1ccc(C(=O)N2CCCC(C)C2)o1. The molecule has 1 aliphatic rings. The molecule has 2 aromatic rings. The van der Waals surface area contributed by atoms with Crippen molar-refractivity contribution in [1.29, 1.82) is 0 Å². The highest BCUT2D eigenvalue weighted by Crippen LogP contribution is 2.29. The Hall–Kier alpha value is -2.23. The van der Waals surface area contributed by atoms with Crippen LogP contribution in [0.1, 0.15) is 35.9 Å². The topological polar surface area (TPSA) is 59.5 Å². The van der Waals surface area contributed by atoms with Crippen molar-refractivity contribution in [3.8, 4) is 11.3 Å². The third-order valence-electron chi connectivity index (χ3n) is 4.40. The number of piperidine rings is 1. The maximum atomic E-state index is 12.5. The van der Waals surface area contributed by atoms with Gasteiger partial charge in [0.15, 0.2) is 5.76 Å². The Balaban J connectivity index is 1.84. The maximum absolute atomic E-state index is 12.5. The van der Waals surface area contributed by atoms with Crippen LogP contribution in [0.2, 0.25) is 0 Å². The molecule has 4 heteroatoms. The number of benzene rings is 1. The number of rotatable bonds is 2. The van der Waals surface area contributed by atoms with Crippen molar-refractivity contribution in [2.75, 3.05) is 18.8 Å². The third kappa shape index (κ3) is 2.73. The summed E-state index contributed by atoms with van der Waals surface area (Å²) in [5.41, 5.74) is 8.58. The molecule has 1 fully saturated rings. The molecule has 1 aromatic carbocycles. The number of nitrogen functional groups attached to an aromatic ring is 1. The first-order chi connectivity index (χ1) is 10.6. The molecule has 3 rings (SSSR count). The monoisotopic (exact) mass is 298 g/mol. The molecule has 22 heavy (non-hydrogen) atoms. The molecule has 116 valence electrons. The van der Waals surface area contributed by atoms with E-state index >= 15 is 0 Å². The quantitative estimate of drug-likeness (QED) is 0.860. The molecule has 0 radical (unpaired) electrons. The summed E-state index contributed by atoms with van der Waals surface area (Å²) in [7, 11) is 0. The van der Waals surface area contributed by atoms with Gasteiger partial charge in [0, 0.05) is 24.3 Å². The van der Waals surface area contributed by atoms with Crippen LogP contribution in [0.25, 0.3) is 11.3 Å². The minimum absolute atomic E-state index is 0.0145. The van der Waals surface area contributed by atoms with E-state index in [1.165, 1.54) is 6.42 Å². The van der Waals surface area contributed by atoms with Crippen LogP contribution in [0, 0.1) is 12.8 Å². The Bertz CT molecular complexity index is 690. The standard InChI is InChI=1S/C18H22N2O2/c1-12-5-4-10-20(11-12)18(21)17-9-8-16(22-17)14-6-3-7-15(19)13(14)2/h3,6-9,12H,4-5,10-11,19H2,1-2H3. The fraction of sp³-hybridized carbons (Fsp3) is 0.389. The zero-order chi connectivity index (χ0) is 15.7. The van der Waals surface area contributed by atoms with Crippen molar-refractivity contribution >= 4 is 11.6 Å². The number of amides is 1. The molecular weight excluding hydrogens is 276 g/mol. The van der Waals surface area contributed by atoms with Crippen molar-refractivity contribution in [2.45, 2.75) is 26.7 Å². The molecule has 1 saturated heterocycles. The van der Waals surface area contributed by atoms with Gasteiger partial charge >= 0.3 is 0 Å². The number of nitrogens with two attached hydrogens (primary N) is 1. The van der Waals surface area contributed by atoms with E-state index in [4.69, 9.17) is 10.2 Å². The smallest absolute Gasteiger partial charge is 0.289 e. The molecule has 1 amide bonds. The lowest BCUT2D eigenvalue weighted by Crippen LogP contribution is -2.38. The molecule has 2 N–H and O–H groups in total. The molecule has 1 atom stereocenters. The summed E-state index contributed by atoms with van der Waals surface area (Å²) >= 11 is 0. The van der Waals surface area contributed by atoms with Gasteiger partial charge in [-0.3, -0.25) is 4.79 Å². The fourth-order valence-electron chi connectivity index (χ4n) is 3.05. The Labute approximate surface area is 130 Å². The Morgan fingerprint density at radius 1 is 1.32 bits per heavy atom. The molecule has 1 aliphatic heterocycles. The molecular formula is C18H22N2O2. The van der Waals surface area contributed by atoms with E-state index in [0.29, 0.717) is 17.4 Å². The van der Waals surface area contributed by atoms with Gasteiger partial charge in [-0.05, 0) is 49.4 Å². The van der Waals surface area contributed by atoms with Crippen LogP contribution in [0.3, 0.4) is 0 Å². The molecule has 0 saturated carbocycles. The first-order valence-electron chi connectivity index (χ1n) is 7.81. The highest BCUT2D eigenvalue weighted by molar-refractivity contribution is 5.92. The number of hydrogen-bond donors (Lipinski definition) is 1. The predicted octanol–water partition coefficient (Wildman–Crippen LogP) is 3.71. The summed E-state index contributed by atoms with van der Waals surface area (Å²) < 4.78 is 5.81. The number of likely N-dealkylation sites (tertiary alicyclic amines) is 1. The first-order valence-corrected chi connectivity index (χ1v) is 7.81. The summed E-state index contributed by atoms with van der Waals surface area (Å²) in [6.45, 7) is 5.77. The van der Waals surface area contributed by atoms with Crippen LogP contribution in [-0.4, -0.2) is 23.9 Å². The van der Waals surface area contributed by atoms with Crippen LogP contribution >= 0.6 is 0 Å². The Morgan fingerprint density at radius 2 is 2.14 bits per heavy atom. The Morgan fingerprint density at radius 3 is 2.91 bits per heavy atom. The minimum Gasteiger partial charge on any atom is -0.451 e. The second-order valence-electron chi connectivity index (χ2n) is 6.18. The highest BCUT2D eigenvalue weighted by atomic mass is 16.4. The maximum Gasteiger partial charge on any atom is 0.289 e. The van der Waals surface area contributed by atoms with Gasteiger partial charge in [0.05, 0.1) is 0 Å². The summed E-state index contributed by atoms with van der Waals surface area (Å²) in [5.74, 6) is 1.65. The lowest BCUT2D eigenvalue weighted by Gasteiger charge is -2.30. The number of carbonyl (C=O) groups is 1. The largest absolute Gasteiger partial charge is 0.451 e. The van der Waals surface area contributed by atoms with E-state index in [2.05, 4.69) is 6.92 Å². The highest BCUT2D eigenvalue weighted by Gasteiger charge is 2.24. The van der Waals surface area contributed by atoms with Gasteiger partial charge in [0.2, 0.25) is 0 Å². The van der Waals surface area contributed by atoms with Crippen molar-refractivity contribution < 1.29 is 9.21 Å². The molecule has 0 aliphatic carbocycles. The van der Waals surface area contributed by atoms with Crippen LogP contribution in [-0.2, 0) is 0 Å². The lowest BCUT2D eigenvalue weighted by atomic mass is 10.0. The van der Waals surface area contributed by atoms with Gasteiger partial charge in [-0.2, -0.15) is 0 Å². The second-order valence-corrected chi connectivity index (χ2v) is 6.18. The number of carbonyl (C=O) groups excluding carboxylic acids is 1. The summed E-state index contributed by atoms with van der Waals surface area (Å²) in [4.78, 5) is 14.4. The minimum atomic E-state index is -0.0145. The Kier molecular flexibility index (Phi) is 3.92. The third-order valence-corrected chi connectivity index (χ3v) is 4.40. The van der Waals surface area contributed by atoms with Crippen LogP contribution in [0.15, 0.2) is 34.7 Å². The lowest BCUT2D eigenvalue weighted by molar-refractivity contribution is 0.0652. The molecule has 1 aromatic heterocycles. The van der Waals surface area contributed by atoms with Crippen molar-refractivity contribution in [3.05, 3.63) is 41.7 Å². The van der Waals surface area contributed by atoms with Crippen LogP contribution in [0.4, 0.5) is 5.69 Å². The molecule has 1 unspecified atom stereocenters. The van der Waals surface area contributed by atoms with Crippen molar-refractivity contribution in [3.63, 3.8) is 0 Å². The molecule has 4 nitrogen and oxygen atoms in total. The molecule has 0 bridgehead atoms. The van der Waals surface area contributed by atoms with E-state index < -0.39 is 0 Å². The summed E-state index contributed by atoms with van der Waals surface area (Å²) in [5, 5.41) is 0. The predicted molar refractivity (Wildman–Crippen MR) is 87.6 cm³/mol. The van der Waals surface area contributed by atoms with Gasteiger partial charge in [0.25, 0.3) is 5.91 Å². The number of anilines is 1.